The minimum absolute atomic E-state index is 0.857. The molecule has 0 atom stereocenters. The Balaban J connectivity index is 2.05. The Morgan fingerprint density at radius 3 is 2.80 bits per heavy atom. The van der Waals surface area contributed by atoms with Crippen LogP contribution in [-0.4, -0.2) is 11.5 Å². The van der Waals surface area contributed by atoms with Crippen molar-refractivity contribution in [2.24, 2.45) is 5.92 Å². The molecule has 1 fully saturated rings. The first-order valence-electron chi connectivity index (χ1n) is 5.68. The highest BCUT2D eigenvalue weighted by molar-refractivity contribution is 7.99. The number of anilines is 1. The van der Waals surface area contributed by atoms with Crippen LogP contribution in [0.25, 0.3) is 0 Å². The largest absolute Gasteiger partial charge is 0.399 e. The van der Waals surface area contributed by atoms with E-state index in [1.54, 1.807) is 0 Å². The maximum atomic E-state index is 6.00. The fraction of sp³-hybridized carbons (Fsp3) is 0.538. The molecule has 1 aromatic carbocycles. The third-order valence-corrected chi connectivity index (χ3v) is 4.20. The topological polar surface area (TPSA) is 26.0 Å². The summed E-state index contributed by atoms with van der Waals surface area (Å²) in [5, 5.41) is 0. The van der Waals surface area contributed by atoms with Gasteiger partial charge in [-0.25, -0.2) is 0 Å². The summed E-state index contributed by atoms with van der Waals surface area (Å²) in [6.07, 6.45) is 3.89. The maximum Gasteiger partial charge on any atom is 0.0346 e. The third-order valence-electron chi connectivity index (χ3n) is 3.15. The smallest absolute Gasteiger partial charge is 0.0346 e. The summed E-state index contributed by atoms with van der Waals surface area (Å²) in [4.78, 5) is 0. The quantitative estimate of drug-likeness (QED) is 0.776. The van der Waals surface area contributed by atoms with Gasteiger partial charge in [0.2, 0.25) is 0 Å². The van der Waals surface area contributed by atoms with Gasteiger partial charge in [0.25, 0.3) is 0 Å². The highest BCUT2D eigenvalue weighted by Crippen LogP contribution is 2.27. The molecule has 1 heterocycles. The molecule has 1 nitrogen and oxygen atoms in total. The Labute approximate surface area is 96.4 Å². The van der Waals surface area contributed by atoms with Gasteiger partial charge in [0.05, 0.1) is 0 Å². The van der Waals surface area contributed by atoms with Gasteiger partial charge in [0.15, 0.2) is 0 Å². The molecule has 2 rings (SSSR count). The average molecular weight is 221 g/mol. The molecule has 0 radical (unpaired) electrons. The Morgan fingerprint density at radius 2 is 2.07 bits per heavy atom. The van der Waals surface area contributed by atoms with Crippen LogP contribution in [0.3, 0.4) is 0 Å². The highest BCUT2D eigenvalue weighted by Gasteiger charge is 2.15. The van der Waals surface area contributed by atoms with Crippen molar-refractivity contribution in [2.45, 2.75) is 26.2 Å². The van der Waals surface area contributed by atoms with Crippen LogP contribution in [0.4, 0.5) is 5.69 Å². The lowest BCUT2D eigenvalue weighted by Gasteiger charge is -2.22. The number of thioether (sulfide) groups is 1. The Hall–Kier alpha value is -0.630. The highest BCUT2D eigenvalue weighted by atomic mass is 32.2. The van der Waals surface area contributed by atoms with E-state index in [9.17, 15) is 0 Å². The van der Waals surface area contributed by atoms with Crippen molar-refractivity contribution in [3.63, 3.8) is 0 Å². The van der Waals surface area contributed by atoms with Crippen LogP contribution >= 0.6 is 11.8 Å². The second kappa shape index (κ2) is 4.93. The molecule has 0 saturated carbocycles. The summed E-state index contributed by atoms with van der Waals surface area (Å²) < 4.78 is 0. The number of nitrogen functional groups attached to an aromatic ring is 1. The molecule has 0 bridgehead atoms. The van der Waals surface area contributed by atoms with E-state index in [0.29, 0.717) is 0 Å². The van der Waals surface area contributed by atoms with Crippen LogP contribution in [0.2, 0.25) is 0 Å². The first-order chi connectivity index (χ1) is 7.25. The zero-order chi connectivity index (χ0) is 10.7. The number of benzene rings is 1. The number of nitrogens with two attached hydrogens (primary N) is 1. The lowest BCUT2D eigenvalue weighted by Crippen LogP contribution is -2.13. The molecule has 1 saturated heterocycles. The molecule has 0 amide bonds. The van der Waals surface area contributed by atoms with E-state index >= 15 is 0 Å². The molecule has 1 aromatic rings. The molecule has 82 valence electrons. The van der Waals surface area contributed by atoms with Crippen molar-refractivity contribution < 1.29 is 0 Å². The van der Waals surface area contributed by atoms with Crippen LogP contribution in [0.15, 0.2) is 18.2 Å². The summed E-state index contributed by atoms with van der Waals surface area (Å²) in [5.41, 5.74) is 9.65. The van der Waals surface area contributed by atoms with E-state index in [-0.39, 0.29) is 0 Å². The summed E-state index contributed by atoms with van der Waals surface area (Å²) in [5.74, 6) is 3.52. The van der Waals surface area contributed by atoms with Gasteiger partial charge in [-0.2, -0.15) is 11.8 Å². The standard InChI is InChI=1S/C13H19NS/c1-10-2-3-13(14)12(8-10)9-11-4-6-15-7-5-11/h2-3,8,11H,4-7,9,14H2,1H3. The van der Waals surface area contributed by atoms with Gasteiger partial charge in [-0.1, -0.05) is 17.7 Å². The van der Waals surface area contributed by atoms with Crippen molar-refractivity contribution in [3.05, 3.63) is 29.3 Å². The van der Waals surface area contributed by atoms with Crippen molar-refractivity contribution in [3.8, 4) is 0 Å². The summed E-state index contributed by atoms with van der Waals surface area (Å²) in [7, 11) is 0. The molecule has 15 heavy (non-hydrogen) atoms. The summed E-state index contributed by atoms with van der Waals surface area (Å²) in [6.45, 7) is 2.14. The predicted molar refractivity (Wildman–Crippen MR) is 69.3 cm³/mol. The minimum Gasteiger partial charge on any atom is -0.399 e. The molecule has 0 spiro atoms. The number of hydrogen-bond donors (Lipinski definition) is 1. The van der Waals surface area contributed by atoms with E-state index in [1.807, 2.05) is 6.07 Å². The number of aryl methyl sites for hydroxylation is 1. The zero-order valence-corrected chi connectivity index (χ0v) is 10.1. The summed E-state index contributed by atoms with van der Waals surface area (Å²) in [6, 6.07) is 6.38. The van der Waals surface area contributed by atoms with Crippen molar-refractivity contribution in [1.29, 1.82) is 0 Å². The molecule has 2 heteroatoms. The van der Waals surface area contributed by atoms with Crippen LogP contribution in [0.5, 0.6) is 0 Å². The van der Waals surface area contributed by atoms with E-state index in [2.05, 4.69) is 30.8 Å². The molecule has 1 aliphatic rings. The average Bonchev–Trinajstić information content (AvgIpc) is 2.25. The van der Waals surface area contributed by atoms with Gasteiger partial charge < -0.3 is 5.73 Å². The van der Waals surface area contributed by atoms with Crippen LogP contribution in [0, 0.1) is 12.8 Å². The second-order valence-electron chi connectivity index (χ2n) is 4.46. The van der Waals surface area contributed by atoms with Gasteiger partial charge in [0.1, 0.15) is 0 Å². The van der Waals surface area contributed by atoms with Crippen molar-refractivity contribution in [1.82, 2.24) is 0 Å². The molecule has 2 N–H and O–H groups in total. The number of rotatable bonds is 2. The van der Waals surface area contributed by atoms with Crippen molar-refractivity contribution >= 4 is 17.4 Å². The molecular weight excluding hydrogens is 202 g/mol. The second-order valence-corrected chi connectivity index (χ2v) is 5.69. The van der Waals surface area contributed by atoms with E-state index in [1.165, 1.54) is 41.9 Å². The minimum atomic E-state index is 0.857. The fourth-order valence-electron chi connectivity index (χ4n) is 2.17. The van der Waals surface area contributed by atoms with E-state index in [4.69, 9.17) is 5.73 Å². The predicted octanol–water partition coefficient (Wildman–Crippen LogP) is 3.26. The van der Waals surface area contributed by atoms with Crippen molar-refractivity contribution in [2.75, 3.05) is 17.2 Å². The molecule has 1 aliphatic heterocycles. The zero-order valence-electron chi connectivity index (χ0n) is 9.33. The maximum absolute atomic E-state index is 6.00. The monoisotopic (exact) mass is 221 g/mol. The molecule has 0 aliphatic carbocycles. The Kier molecular flexibility index (Phi) is 3.57. The van der Waals surface area contributed by atoms with Gasteiger partial charge >= 0.3 is 0 Å². The number of hydrogen-bond acceptors (Lipinski definition) is 2. The first-order valence-corrected chi connectivity index (χ1v) is 6.84. The lowest BCUT2D eigenvalue weighted by atomic mass is 9.92. The van der Waals surface area contributed by atoms with Gasteiger partial charge in [-0.15, -0.1) is 0 Å². The third kappa shape index (κ3) is 2.91. The Morgan fingerprint density at radius 1 is 1.33 bits per heavy atom. The van der Waals surface area contributed by atoms with Gasteiger partial charge in [-0.3, -0.25) is 0 Å². The molecule has 0 aromatic heterocycles. The van der Waals surface area contributed by atoms with E-state index in [0.717, 1.165) is 11.6 Å². The van der Waals surface area contributed by atoms with Crippen LogP contribution in [0.1, 0.15) is 24.0 Å². The first kappa shape index (κ1) is 10.9. The Bertz CT molecular complexity index is 329. The molecular formula is C13H19NS. The van der Waals surface area contributed by atoms with Gasteiger partial charge in [-0.05, 0) is 55.2 Å². The lowest BCUT2D eigenvalue weighted by molar-refractivity contribution is 0.488. The van der Waals surface area contributed by atoms with E-state index < -0.39 is 0 Å². The summed E-state index contributed by atoms with van der Waals surface area (Å²) >= 11 is 2.09. The SMILES string of the molecule is Cc1ccc(N)c(CC2CCSCC2)c1. The fourth-order valence-corrected chi connectivity index (χ4v) is 3.38. The van der Waals surface area contributed by atoms with Crippen LogP contribution < -0.4 is 5.73 Å². The molecule has 0 unspecified atom stereocenters. The normalized spacial score (nSPS) is 17.9. The van der Waals surface area contributed by atoms with Gasteiger partial charge in [0, 0.05) is 5.69 Å². The van der Waals surface area contributed by atoms with Crippen LogP contribution in [-0.2, 0) is 6.42 Å².